The van der Waals surface area contributed by atoms with E-state index in [1.54, 1.807) is 0 Å². The van der Waals surface area contributed by atoms with E-state index in [1.807, 2.05) is 19.9 Å². The first-order chi connectivity index (χ1) is 7.92. The van der Waals surface area contributed by atoms with Crippen LogP contribution in [-0.2, 0) is 9.47 Å². The average Bonchev–Trinajstić information content (AvgIpc) is 2.74. The van der Waals surface area contributed by atoms with Crippen LogP contribution in [0.15, 0.2) is 11.6 Å². The lowest BCUT2D eigenvalue weighted by molar-refractivity contribution is -0.545. The summed E-state index contributed by atoms with van der Waals surface area (Å²) >= 11 is 0. The molecule has 0 aromatic heterocycles. The summed E-state index contributed by atoms with van der Waals surface area (Å²) < 4.78 is 10.8. The van der Waals surface area contributed by atoms with Gasteiger partial charge in [-0.2, -0.15) is 0 Å². The zero-order chi connectivity index (χ0) is 12.4. The molecule has 0 aromatic carbocycles. The monoisotopic (exact) mass is 241 g/mol. The molecule has 5 atom stereocenters. The lowest BCUT2D eigenvalue weighted by atomic mass is 9.80. The van der Waals surface area contributed by atoms with Crippen LogP contribution in [0.25, 0.3) is 0 Å². The summed E-state index contributed by atoms with van der Waals surface area (Å²) in [7, 11) is 0. The van der Waals surface area contributed by atoms with Crippen LogP contribution in [0.4, 0.5) is 0 Å². The van der Waals surface area contributed by atoms with Crippen LogP contribution in [-0.4, -0.2) is 41.2 Å². The van der Waals surface area contributed by atoms with E-state index in [1.165, 1.54) is 0 Å². The van der Waals surface area contributed by atoms with Crippen molar-refractivity contribution >= 4 is 0 Å². The van der Waals surface area contributed by atoms with Gasteiger partial charge in [0.25, 0.3) is 0 Å². The summed E-state index contributed by atoms with van der Waals surface area (Å²) in [5.74, 6) is -0.367. The van der Waals surface area contributed by atoms with E-state index in [0.717, 1.165) is 5.57 Å². The summed E-state index contributed by atoms with van der Waals surface area (Å²) in [4.78, 5) is 11.0. The van der Waals surface area contributed by atoms with E-state index < -0.39 is 23.9 Å². The lowest BCUT2D eigenvalue weighted by Gasteiger charge is -2.32. The van der Waals surface area contributed by atoms with Gasteiger partial charge in [0, 0.05) is 4.92 Å². The van der Waals surface area contributed by atoms with Gasteiger partial charge in [0.1, 0.15) is 6.10 Å². The van der Waals surface area contributed by atoms with Gasteiger partial charge < -0.3 is 14.6 Å². The van der Waals surface area contributed by atoms with Crippen molar-refractivity contribution in [2.24, 2.45) is 11.3 Å². The molecule has 0 saturated carbocycles. The zero-order valence-electron chi connectivity index (χ0n) is 9.70. The van der Waals surface area contributed by atoms with Gasteiger partial charge in [0.2, 0.25) is 6.04 Å². The summed E-state index contributed by atoms with van der Waals surface area (Å²) in [6.07, 6.45) is 0.00565. The first kappa shape index (κ1) is 11.1. The third-order valence-corrected chi connectivity index (χ3v) is 3.99. The van der Waals surface area contributed by atoms with Crippen LogP contribution in [0.3, 0.4) is 0 Å². The zero-order valence-corrected chi connectivity index (χ0v) is 9.70. The summed E-state index contributed by atoms with van der Waals surface area (Å²) in [6, 6.07) is -0.750. The fraction of sp³-hybridized carbons (Fsp3) is 0.818. The fourth-order valence-corrected chi connectivity index (χ4v) is 3.31. The molecule has 17 heavy (non-hydrogen) atoms. The van der Waals surface area contributed by atoms with Crippen molar-refractivity contribution in [3.63, 3.8) is 0 Å². The predicted molar refractivity (Wildman–Crippen MR) is 56.8 cm³/mol. The minimum Gasteiger partial charge on any atom is -0.383 e. The third-order valence-electron chi connectivity index (χ3n) is 3.99. The largest absolute Gasteiger partial charge is 0.383 e. The molecule has 1 aliphatic carbocycles. The Morgan fingerprint density at radius 2 is 2.29 bits per heavy atom. The van der Waals surface area contributed by atoms with Crippen molar-refractivity contribution in [2.75, 3.05) is 6.61 Å². The quantitative estimate of drug-likeness (QED) is 0.406. The molecular weight excluding hydrogens is 226 g/mol. The summed E-state index contributed by atoms with van der Waals surface area (Å²) in [5, 5.41) is 21.3. The normalized spacial score (nSPS) is 46.5. The Balaban J connectivity index is 2.05. The standard InChI is InChI=1S/C11H15NO5/c1-11(2)3-5-7(9(11)12(14)15)6-4-16-10(17-6)8(5)13/h3,6-10,13H,4H2,1-2H3/t6-,7+,8+,9+,10-/m1/s1. The van der Waals surface area contributed by atoms with Gasteiger partial charge in [-0.15, -0.1) is 0 Å². The van der Waals surface area contributed by atoms with Gasteiger partial charge in [-0.25, -0.2) is 0 Å². The average molecular weight is 241 g/mol. The van der Waals surface area contributed by atoms with Crippen molar-refractivity contribution in [3.8, 4) is 0 Å². The maximum atomic E-state index is 11.2. The highest BCUT2D eigenvalue weighted by Gasteiger charge is 2.61. The minimum atomic E-state index is -0.872. The molecule has 3 rings (SSSR count). The summed E-state index contributed by atoms with van der Waals surface area (Å²) in [5.41, 5.74) is 0.161. The number of aliphatic hydroxyl groups excluding tert-OH is 1. The molecule has 2 bridgehead atoms. The number of aliphatic hydroxyl groups is 1. The van der Waals surface area contributed by atoms with Crippen LogP contribution < -0.4 is 0 Å². The second-order valence-corrected chi connectivity index (χ2v) is 5.54. The molecule has 1 N–H and O–H groups in total. The van der Waals surface area contributed by atoms with Gasteiger partial charge >= 0.3 is 0 Å². The maximum Gasteiger partial charge on any atom is 0.230 e. The topological polar surface area (TPSA) is 81.8 Å². The smallest absolute Gasteiger partial charge is 0.230 e. The van der Waals surface area contributed by atoms with Crippen molar-refractivity contribution in [2.45, 2.75) is 38.4 Å². The number of hydrogen-bond acceptors (Lipinski definition) is 5. The van der Waals surface area contributed by atoms with Crippen molar-refractivity contribution in [3.05, 3.63) is 21.8 Å². The first-order valence-electron chi connectivity index (χ1n) is 5.73. The maximum absolute atomic E-state index is 11.2. The Labute approximate surface area is 98.4 Å². The molecule has 2 fully saturated rings. The highest BCUT2D eigenvalue weighted by atomic mass is 16.7. The fourth-order valence-electron chi connectivity index (χ4n) is 3.31. The van der Waals surface area contributed by atoms with Gasteiger partial charge in [0.05, 0.1) is 24.0 Å². The summed E-state index contributed by atoms with van der Waals surface area (Å²) in [6.45, 7) is 3.98. The third kappa shape index (κ3) is 1.38. The minimum absolute atomic E-state index is 0.261. The number of fused-ring (bicyclic) bond motifs is 4. The SMILES string of the molecule is CC1(C)C=C2[C@H]([C@@H]1[N+](=O)[O-])[C@H]1CO[C@H](O1)[C@H]2O. The highest BCUT2D eigenvalue weighted by molar-refractivity contribution is 5.30. The Kier molecular flexibility index (Phi) is 2.14. The Hall–Kier alpha value is -0.980. The van der Waals surface area contributed by atoms with Gasteiger partial charge in [-0.05, 0) is 19.4 Å². The van der Waals surface area contributed by atoms with Gasteiger partial charge in [-0.1, -0.05) is 6.08 Å². The molecule has 0 amide bonds. The van der Waals surface area contributed by atoms with Crippen LogP contribution in [0.2, 0.25) is 0 Å². The molecule has 0 unspecified atom stereocenters. The van der Waals surface area contributed by atoms with Crippen LogP contribution in [0, 0.1) is 21.4 Å². The van der Waals surface area contributed by atoms with E-state index in [-0.39, 0.29) is 16.9 Å². The first-order valence-corrected chi connectivity index (χ1v) is 5.73. The second kappa shape index (κ2) is 3.28. The van der Waals surface area contributed by atoms with E-state index in [9.17, 15) is 15.2 Å². The molecule has 2 saturated heterocycles. The molecular formula is C11H15NO5. The molecule has 6 heteroatoms. The van der Waals surface area contributed by atoms with E-state index in [4.69, 9.17) is 9.47 Å². The van der Waals surface area contributed by atoms with Gasteiger partial charge in [-0.3, -0.25) is 10.1 Å². The molecule has 0 aromatic rings. The molecule has 3 aliphatic rings. The Bertz CT molecular complexity index is 405. The van der Waals surface area contributed by atoms with Crippen LogP contribution >= 0.6 is 0 Å². The number of nitro groups is 1. The van der Waals surface area contributed by atoms with Gasteiger partial charge in [0.15, 0.2) is 6.29 Å². The number of rotatable bonds is 1. The number of ether oxygens (including phenoxy) is 2. The molecule has 94 valence electrons. The van der Waals surface area contributed by atoms with Crippen molar-refractivity contribution in [1.29, 1.82) is 0 Å². The van der Waals surface area contributed by atoms with E-state index >= 15 is 0 Å². The molecule has 0 spiro atoms. The lowest BCUT2D eigenvalue weighted by Crippen LogP contribution is -2.48. The highest BCUT2D eigenvalue weighted by Crippen LogP contribution is 2.50. The van der Waals surface area contributed by atoms with Crippen molar-refractivity contribution < 1.29 is 19.5 Å². The number of nitrogens with zero attached hydrogens (tertiary/aromatic N) is 1. The van der Waals surface area contributed by atoms with E-state index in [2.05, 4.69) is 0 Å². The molecule has 2 aliphatic heterocycles. The van der Waals surface area contributed by atoms with Crippen LogP contribution in [0.1, 0.15) is 13.8 Å². The molecule has 6 nitrogen and oxygen atoms in total. The van der Waals surface area contributed by atoms with Crippen molar-refractivity contribution in [1.82, 2.24) is 0 Å². The Morgan fingerprint density at radius 1 is 1.59 bits per heavy atom. The van der Waals surface area contributed by atoms with Crippen LogP contribution in [0.5, 0.6) is 0 Å². The molecule has 0 radical (unpaired) electrons. The second-order valence-electron chi connectivity index (χ2n) is 5.54. The Morgan fingerprint density at radius 3 is 2.94 bits per heavy atom. The number of hydrogen-bond donors (Lipinski definition) is 1. The predicted octanol–water partition coefficient (Wildman–Crippen LogP) is 0.330. The molecule has 2 heterocycles. The van der Waals surface area contributed by atoms with E-state index in [0.29, 0.717) is 6.61 Å².